The van der Waals surface area contributed by atoms with Crippen molar-refractivity contribution in [2.75, 3.05) is 38.6 Å². The van der Waals surface area contributed by atoms with Crippen molar-refractivity contribution < 1.29 is 40.3 Å². The first-order valence-corrected chi connectivity index (χ1v) is 11.1. The summed E-state index contributed by atoms with van der Waals surface area (Å²) in [6.45, 7) is 0.573. The first kappa shape index (κ1) is 28.2. The molecule has 1 saturated heterocycles. The molecule has 0 spiro atoms. The van der Waals surface area contributed by atoms with Gasteiger partial charge in [-0.3, -0.25) is 14.6 Å². The molecule has 1 heterocycles. The molecule has 2 N–H and O–H groups in total. The molecule has 3 rings (SSSR count). The highest BCUT2D eigenvalue weighted by Gasteiger charge is 2.39. The van der Waals surface area contributed by atoms with Gasteiger partial charge in [0, 0.05) is 44.8 Å². The summed E-state index contributed by atoms with van der Waals surface area (Å²) in [6.07, 6.45) is -9.80. The smallest absolute Gasteiger partial charge is 0.369 e. The number of rotatable bonds is 5. The normalized spacial score (nSPS) is 18.9. The van der Waals surface area contributed by atoms with Crippen molar-refractivity contribution in [3.8, 4) is 0 Å². The number of amides is 3. The maximum absolute atomic E-state index is 13.5. The van der Waals surface area contributed by atoms with Crippen LogP contribution in [0.5, 0.6) is 0 Å². The van der Waals surface area contributed by atoms with Gasteiger partial charge in [-0.05, 0) is 42.3 Å². The monoisotopic (exact) mass is 534 g/mol. The Hall–Kier alpha value is -3.35. The minimum absolute atomic E-state index is 0.00937. The molecule has 2 unspecified atom stereocenters. The van der Waals surface area contributed by atoms with Crippen LogP contribution in [0.4, 0.5) is 41.2 Å². The molecule has 2 atom stereocenters. The second kappa shape index (κ2) is 10.6. The number of nitrogens with two attached hydrogens (primary N) is 1. The van der Waals surface area contributed by atoms with E-state index in [1.165, 1.54) is 36.2 Å². The molecule has 2 aromatic rings. The van der Waals surface area contributed by atoms with E-state index in [2.05, 4.69) is 0 Å². The lowest BCUT2D eigenvalue weighted by atomic mass is 9.85. The Labute approximate surface area is 208 Å². The third-order valence-corrected chi connectivity index (χ3v) is 6.38. The standard InChI is InChI=1S/C24H25F7N4O2/c1-33(18-10-15(23(26,27)28)9-16(11-18)24(29,30)31)22(37)34(2)20-7-8-35(13-21(32)36)12-19(20)14-3-5-17(25)6-4-14/h3-6,9-11,19-20H,7-8,12-13H2,1-2H3,(H2,32,36). The number of hydrogen-bond donors (Lipinski definition) is 1. The fraction of sp³-hybridized carbons (Fsp3) is 0.417. The van der Waals surface area contributed by atoms with Crippen molar-refractivity contribution in [3.63, 3.8) is 0 Å². The number of nitrogens with zero attached hydrogens (tertiary/aromatic N) is 3. The van der Waals surface area contributed by atoms with E-state index in [1.54, 1.807) is 4.90 Å². The Morgan fingerprint density at radius 3 is 2.00 bits per heavy atom. The molecule has 0 aliphatic carbocycles. The Kier molecular flexibility index (Phi) is 8.06. The molecular weight excluding hydrogens is 509 g/mol. The molecule has 37 heavy (non-hydrogen) atoms. The molecule has 1 fully saturated rings. The zero-order chi connectivity index (χ0) is 27.7. The molecule has 0 radical (unpaired) electrons. The minimum atomic E-state index is -5.06. The van der Waals surface area contributed by atoms with E-state index in [0.717, 1.165) is 11.9 Å². The summed E-state index contributed by atoms with van der Waals surface area (Å²) in [5, 5.41) is 0. The van der Waals surface area contributed by atoms with Gasteiger partial charge in [0.1, 0.15) is 5.82 Å². The van der Waals surface area contributed by atoms with Crippen molar-refractivity contribution in [2.24, 2.45) is 5.73 Å². The maximum Gasteiger partial charge on any atom is 0.416 e. The van der Waals surface area contributed by atoms with Gasteiger partial charge in [0.15, 0.2) is 0 Å². The van der Waals surface area contributed by atoms with E-state index in [-0.39, 0.29) is 19.2 Å². The number of benzene rings is 2. The fourth-order valence-electron chi connectivity index (χ4n) is 4.49. The van der Waals surface area contributed by atoms with Crippen molar-refractivity contribution in [3.05, 3.63) is 65.0 Å². The number of likely N-dealkylation sites (N-methyl/N-ethyl adjacent to an activating group) is 1. The van der Waals surface area contributed by atoms with Crippen LogP contribution in [0.2, 0.25) is 0 Å². The molecule has 0 saturated carbocycles. The summed E-state index contributed by atoms with van der Waals surface area (Å²) in [5.74, 6) is -1.49. The van der Waals surface area contributed by atoms with Crippen LogP contribution in [-0.4, -0.2) is 61.5 Å². The second-order valence-electron chi connectivity index (χ2n) is 8.93. The largest absolute Gasteiger partial charge is 0.416 e. The molecule has 2 aromatic carbocycles. The Bertz CT molecular complexity index is 1100. The molecule has 6 nitrogen and oxygen atoms in total. The highest BCUT2D eigenvalue weighted by molar-refractivity contribution is 5.92. The average molecular weight is 534 g/mol. The molecule has 13 heteroatoms. The molecule has 1 aliphatic heterocycles. The predicted octanol–water partition coefficient (Wildman–Crippen LogP) is 4.69. The van der Waals surface area contributed by atoms with Crippen LogP contribution < -0.4 is 10.6 Å². The number of urea groups is 1. The van der Waals surface area contributed by atoms with Gasteiger partial charge in [0.05, 0.1) is 17.7 Å². The lowest BCUT2D eigenvalue weighted by Gasteiger charge is -2.43. The fourth-order valence-corrected chi connectivity index (χ4v) is 4.49. The number of piperidine rings is 1. The van der Waals surface area contributed by atoms with Gasteiger partial charge in [-0.15, -0.1) is 0 Å². The number of halogens is 7. The van der Waals surface area contributed by atoms with E-state index >= 15 is 0 Å². The lowest BCUT2D eigenvalue weighted by Crippen LogP contribution is -2.54. The summed E-state index contributed by atoms with van der Waals surface area (Å²) < 4.78 is 93.3. The van der Waals surface area contributed by atoms with Crippen LogP contribution in [0.1, 0.15) is 29.0 Å². The molecule has 1 aliphatic rings. The van der Waals surface area contributed by atoms with Crippen molar-refractivity contribution in [1.82, 2.24) is 9.80 Å². The van der Waals surface area contributed by atoms with E-state index in [9.17, 15) is 40.3 Å². The first-order chi connectivity index (χ1) is 17.1. The second-order valence-corrected chi connectivity index (χ2v) is 8.93. The third-order valence-electron chi connectivity index (χ3n) is 6.38. The Morgan fingerprint density at radius 1 is 0.973 bits per heavy atom. The van der Waals surface area contributed by atoms with Gasteiger partial charge >= 0.3 is 18.4 Å². The van der Waals surface area contributed by atoms with E-state index < -0.39 is 58.9 Å². The summed E-state index contributed by atoms with van der Waals surface area (Å²) in [5.41, 5.74) is 2.28. The number of primary amides is 1. The summed E-state index contributed by atoms with van der Waals surface area (Å²) in [4.78, 5) is 28.4. The molecule has 0 bridgehead atoms. The van der Waals surface area contributed by atoms with Crippen molar-refractivity contribution in [1.29, 1.82) is 0 Å². The summed E-state index contributed by atoms with van der Waals surface area (Å²) in [6, 6.07) is 5.05. The summed E-state index contributed by atoms with van der Waals surface area (Å²) >= 11 is 0. The maximum atomic E-state index is 13.5. The SMILES string of the molecule is CN(C(=O)N(C)C1CCN(CC(N)=O)CC1c1ccc(F)cc1)c1cc(C(F)(F)F)cc(C(F)(F)F)c1. The van der Waals surface area contributed by atoms with Crippen LogP contribution in [0.3, 0.4) is 0 Å². The first-order valence-electron chi connectivity index (χ1n) is 11.1. The van der Waals surface area contributed by atoms with Gasteiger partial charge in [0.2, 0.25) is 5.91 Å². The Morgan fingerprint density at radius 2 is 1.51 bits per heavy atom. The zero-order valence-corrected chi connectivity index (χ0v) is 19.9. The number of likely N-dealkylation sites (tertiary alicyclic amines) is 1. The van der Waals surface area contributed by atoms with E-state index in [4.69, 9.17) is 5.73 Å². The number of alkyl halides is 6. The minimum Gasteiger partial charge on any atom is -0.369 e. The van der Waals surface area contributed by atoms with Crippen LogP contribution in [0, 0.1) is 5.82 Å². The number of anilines is 1. The van der Waals surface area contributed by atoms with Crippen LogP contribution >= 0.6 is 0 Å². The Balaban J connectivity index is 1.93. The van der Waals surface area contributed by atoms with Gasteiger partial charge in [0.25, 0.3) is 0 Å². The van der Waals surface area contributed by atoms with Gasteiger partial charge in [-0.25, -0.2) is 9.18 Å². The van der Waals surface area contributed by atoms with Crippen LogP contribution in [0.25, 0.3) is 0 Å². The number of carbonyl (C=O) groups excluding carboxylic acids is 2. The number of carbonyl (C=O) groups is 2. The third kappa shape index (κ3) is 6.70. The highest BCUT2D eigenvalue weighted by Crippen LogP contribution is 2.39. The van der Waals surface area contributed by atoms with E-state index in [0.29, 0.717) is 30.7 Å². The van der Waals surface area contributed by atoms with Crippen LogP contribution in [0.15, 0.2) is 42.5 Å². The van der Waals surface area contributed by atoms with Gasteiger partial charge in [-0.2, -0.15) is 26.3 Å². The van der Waals surface area contributed by atoms with Crippen molar-refractivity contribution >= 4 is 17.6 Å². The van der Waals surface area contributed by atoms with Crippen molar-refractivity contribution in [2.45, 2.75) is 30.7 Å². The molecular formula is C24H25F7N4O2. The topological polar surface area (TPSA) is 69.9 Å². The lowest BCUT2D eigenvalue weighted by molar-refractivity contribution is -0.143. The molecule has 3 amide bonds. The molecule has 202 valence electrons. The summed E-state index contributed by atoms with van der Waals surface area (Å²) in [7, 11) is 2.48. The quantitative estimate of drug-likeness (QED) is 0.566. The molecule has 0 aromatic heterocycles. The number of hydrogen-bond acceptors (Lipinski definition) is 3. The van der Waals surface area contributed by atoms with Gasteiger partial charge in [-0.1, -0.05) is 12.1 Å². The predicted molar refractivity (Wildman–Crippen MR) is 121 cm³/mol. The van der Waals surface area contributed by atoms with Crippen LogP contribution in [-0.2, 0) is 17.1 Å². The average Bonchev–Trinajstić information content (AvgIpc) is 2.81. The van der Waals surface area contributed by atoms with E-state index in [1.807, 2.05) is 0 Å². The zero-order valence-electron chi connectivity index (χ0n) is 19.9. The highest BCUT2D eigenvalue weighted by atomic mass is 19.4. The van der Waals surface area contributed by atoms with Gasteiger partial charge < -0.3 is 10.6 Å².